The second-order valence-corrected chi connectivity index (χ2v) is 12.4. The van der Waals surface area contributed by atoms with Gasteiger partial charge in [-0.2, -0.15) is 0 Å². The van der Waals surface area contributed by atoms with E-state index in [0.29, 0.717) is 12.8 Å². The molecule has 0 fully saturated rings. The largest absolute Gasteiger partial charge is 0.469 e. The summed E-state index contributed by atoms with van der Waals surface area (Å²) in [4.78, 5) is 16.5. The first-order chi connectivity index (χ1) is 12.8. The predicted molar refractivity (Wildman–Crippen MR) is 113 cm³/mol. The molecule has 0 saturated heterocycles. The van der Waals surface area contributed by atoms with E-state index >= 15 is 0 Å². The number of hydrogen-bond acceptors (Lipinski definition) is 5. The Morgan fingerprint density at radius 2 is 1.96 bits per heavy atom. The van der Waals surface area contributed by atoms with E-state index in [4.69, 9.17) is 14.0 Å². The van der Waals surface area contributed by atoms with E-state index in [0.717, 1.165) is 30.5 Å². The number of rotatable bonds is 12. The molecule has 1 aliphatic rings. The van der Waals surface area contributed by atoms with Crippen LogP contribution >= 0.6 is 0 Å². The molecule has 0 aromatic carbocycles. The van der Waals surface area contributed by atoms with Gasteiger partial charge in [-0.3, -0.25) is 4.79 Å². The monoisotopic (exact) mass is 395 g/mol. The summed E-state index contributed by atoms with van der Waals surface area (Å²) in [6, 6.07) is 0. The van der Waals surface area contributed by atoms with E-state index < -0.39 is 8.32 Å². The lowest BCUT2D eigenvalue weighted by atomic mass is 10.0. The highest BCUT2D eigenvalue weighted by Crippen LogP contribution is 2.29. The first-order valence-corrected chi connectivity index (χ1v) is 13.5. The van der Waals surface area contributed by atoms with Gasteiger partial charge in [-0.1, -0.05) is 43.5 Å². The molecule has 6 heteroatoms. The van der Waals surface area contributed by atoms with Gasteiger partial charge in [0.15, 0.2) is 8.32 Å². The number of oxime groups is 1. The molecule has 0 spiro atoms. The van der Waals surface area contributed by atoms with E-state index in [-0.39, 0.29) is 12.1 Å². The van der Waals surface area contributed by atoms with Crippen molar-refractivity contribution in [2.75, 3.05) is 14.2 Å². The van der Waals surface area contributed by atoms with Crippen LogP contribution in [0.25, 0.3) is 0 Å². The summed E-state index contributed by atoms with van der Waals surface area (Å²) < 4.78 is 11.2. The van der Waals surface area contributed by atoms with Crippen LogP contribution in [0.4, 0.5) is 0 Å². The molecule has 1 unspecified atom stereocenters. The molecule has 154 valence electrons. The molecule has 0 amide bonds. The highest BCUT2D eigenvalue weighted by Gasteiger charge is 2.23. The van der Waals surface area contributed by atoms with Gasteiger partial charge in [-0.25, -0.2) is 0 Å². The smallest absolute Gasteiger partial charge is 0.305 e. The van der Waals surface area contributed by atoms with Crippen LogP contribution in [0.15, 0.2) is 28.5 Å². The highest BCUT2D eigenvalue weighted by atomic mass is 28.4. The SMILES string of the molecule is CCCCCC(C=CC1=C(CCC(=O)OC)C(=NOC)CC1)O[Si](C)(C)C. The van der Waals surface area contributed by atoms with Gasteiger partial charge in [0.25, 0.3) is 0 Å². The maximum Gasteiger partial charge on any atom is 0.305 e. The minimum absolute atomic E-state index is 0.154. The van der Waals surface area contributed by atoms with Crippen molar-refractivity contribution in [3.63, 3.8) is 0 Å². The lowest BCUT2D eigenvalue weighted by Crippen LogP contribution is -2.31. The van der Waals surface area contributed by atoms with Crippen molar-refractivity contribution in [2.24, 2.45) is 5.16 Å². The Morgan fingerprint density at radius 3 is 2.56 bits per heavy atom. The minimum atomic E-state index is -1.61. The highest BCUT2D eigenvalue weighted by molar-refractivity contribution is 6.69. The lowest BCUT2D eigenvalue weighted by molar-refractivity contribution is -0.140. The molecular formula is C21H37NO4Si. The van der Waals surface area contributed by atoms with Gasteiger partial charge in [-0.05, 0) is 56.5 Å². The molecule has 0 heterocycles. The summed E-state index contributed by atoms with van der Waals surface area (Å²) in [5, 5.41) is 4.15. The average Bonchev–Trinajstić information content (AvgIpc) is 2.98. The Balaban J connectivity index is 2.94. The fourth-order valence-electron chi connectivity index (χ4n) is 3.24. The summed E-state index contributed by atoms with van der Waals surface area (Å²) >= 11 is 0. The van der Waals surface area contributed by atoms with Crippen LogP contribution in [-0.2, 0) is 18.8 Å². The second-order valence-electron chi connectivity index (χ2n) is 7.92. The third-order valence-corrected chi connectivity index (χ3v) is 5.49. The molecule has 0 saturated carbocycles. The molecule has 0 bridgehead atoms. The van der Waals surface area contributed by atoms with Gasteiger partial charge in [0.2, 0.25) is 0 Å². The van der Waals surface area contributed by atoms with Gasteiger partial charge in [0.05, 0.1) is 18.9 Å². The third-order valence-electron chi connectivity index (χ3n) is 4.48. The molecule has 0 N–H and O–H groups in total. The number of unbranched alkanes of at least 4 members (excludes halogenated alkanes) is 2. The Kier molecular flexibility index (Phi) is 10.6. The fraction of sp³-hybridized carbons (Fsp3) is 0.714. The molecule has 0 radical (unpaired) electrons. The summed E-state index contributed by atoms with van der Waals surface area (Å²) in [7, 11) is 1.37. The van der Waals surface area contributed by atoms with Gasteiger partial charge in [0.1, 0.15) is 7.11 Å². The number of nitrogens with zero attached hydrogens (tertiary/aromatic N) is 1. The quantitative estimate of drug-likeness (QED) is 0.192. The van der Waals surface area contributed by atoms with E-state index in [1.54, 1.807) is 7.11 Å². The summed E-state index contributed by atoms with van der Waals surface area (Å²) in [5.41, 5.74) is 3.28. The summed E-state index contributed by atoms with van der Waals surface area (Å²) in [6.07, 6.45) is 12.0. The molecule has 27 heavy (non-hydrogen) atoms. The van der Waals surface area contributed by atoms with Gasteiger partial charge in [0, 0.05) is 6.42 Å². The average molecular weight is 396 g/mol. The van der Waals surface area contributed by atoms with Crippen molar-refractivity contribution < 1.29 is 18.8 Å². The number of carbonyl (C=O) groups excluding carboxylic acids is 1. The third kappa shape index (κ3) is 9.38. The maximum absolute atomic E-state index is 11.6. The van der Waals surface area contributed by atoms with Crippen molar-refractivity contribution >= 4 is 20.0 Å². The molecule has 0 aromatic heterocycles. The van der Waals surface area contributed by atoms with E-state index in [1.165, 1.54) is 31.9 Å². The fourth-order valence-corrected chi connectivity index (χ4v) is 4.34. The van der Waals surface area contributed by atoms with Gasteiger partial charge < -0.3 is 14.0 Å². The van der Waals surface area contributed by atoms with E-state index in [9.17, 15) is 4.79 Å². The first-order valence-electron chi connectivity index (χ1n) is 10.1. The van der Waals surface area contributed by atoms with Crippen LogP contribution in [0, 0.1) is 0 Å². The standard InChI is InChI=1S/C21H37NO4Si/c1-7-8-9-10-18(26-27(4,5)6)13-11-17-12-15-20(22-25-3)19(17)14-16-21(23)24-2/h11,13,18H,7-10,12,14-16H2,1-6H3. The van der Waals surface area contributed by atoms with E-state index in [1.807, 2.05) is 0 Å². The van der Waals surface area contributed by atoms with Crippen molar-refractivity contribution in [2.45, 2.75) is 84.0 Å². The number of allylic oxidation sites excluding steroid dienone is 3. The van der Waals surface area contributed by atoms with E-state index in [2.05, 4.69) is 43.9 Å². The number of ether oxygens (including phenoxy) is 1. The normalized spacial score (nSPS) is 17.8. The topological polar surface area (TPSA) is 57.1 Å². The molecule has 5 nitrogen and oxygen atoms in total. The zero-order valence-corrected chi connectivity index (χ0v) is 19.0. The van der Waals surface area contributed by atoms with Crippen LogP contribution < -0.4 is 0 Å². The van der Waals surface area contributed by atoms with Crippen molar-refractivity contribution in [1.29, 1.82) is 0 Å². The Morgan fingerprint density at radius 1 is 1.22 bits per heavy atom. The molecule has 1 atom stereocenters. The minimum Gasteiger partial charge on any atom is -0.469 e. The zero-order chi connectivity index (χ0) is 20.3. The van der Waals surface area contributed by atoms with Crippen molar-refractivity contribution in [3.8, 4) is 0 Å². The van der Waals surface area contributed by atoms with Crippen LogP contribution in [0.1, 0.15) is 58.3 Å². The summed E-state index contributed by atoms with van der Waals surface area (Å²) in [5.74, 6) is -0.200. The van der Waals surface area contributed by atoms with Crippen LogP contribution in [-0.4, -0.2) is 40.3 Å². The predicted octanol–water partition coefficient (Wildman–Crippen LogP) is 5.39. The van der Waals surface area contributed by atoms with Crippen molar-refractivity contribution in [3.05, 3.63) is 23.3 Å². The zero-order valence-electron chi connectivity index (χ0n) is 18.0. The van der Waals surface area contributed by atoms with Crippen LogP contribution in [0.2, 0.25) is 19.6 Å². The first kappa shape index (κ1) is 23.6. The number of carbonyl (C=O) groups is 1. The van der Waals surface area contributed by atoms with Gasteiger partial charge in [-0.15, -0.1) is 0 Å². The number of esters is 1. The number of methoxy groups -OCH3 is 1. The maximum atomic E-state index is 11.6. The van der Waals surface area contributed by atoms with Crippen molar-refractivity contribution in [1.82, 2.24) is 0 Å². The molecule has 0 aliphatic heterocycles. The van der Waals surface area contributed by atoms with Crippen LogP contribution in [0.5, 0.6) is 0 Å². The molecule has 0 aromatic rings. The Bertz CT molecular complexity index is 561. The molecule has 1 rings (SSSR count). The lowest BCUT2D eigenvalue weighted by Gasteiger charge is -2.24. The Labute approximate surface area is 166 Å². The molecular weight excluding hydrogens is 358 g/mol. The second kappa shape index (κ2) is 12.1. The number of hydrogen-bond donors (Lipinski definition) is 0. The van der Waals surface area contributed by atoms with Gasteiger partial charge >= 0.3 is 5.97 Å². The van der Waals surface area contributed by atoms with Crippen LogP contribution in [0.3, 0.4) is 0 Å². The summed E-state index contributed by atoms with van der Waals surface area (Å²) in [6.45, 7) is 8.91. The molecule has 1 aliphatic carbocycles. The Hall–Kier alpha value is -1.40.